The van der Waals surface area contributed by atoms with Gasteiger partial charge in [0.1, 0.15) is 12.1 Å². The van der Waals surface area contributed by atoms with Gasteiger partial charge in [-0.25, -0.2) is 9.97 Å². The summed E-state index contributed by atoms with van der Waals surface area (Å²) in [7, 11) is 0. The van der Waals surface area contributed by atoms with Crippen molar-refractivity contribution in [3.8, 4) is 0 Å². The zero-order chi connectivity index (χ0) is 22.8. The Hall–Kier alpha value is -4.07. The molecule has 0 fully saturated rings. The van der Waals surface area contributed by atoms with Crippen LogP contribution in [0.5, 0.6) is 0 Å². The summed E-state index contributed by atoms with van der Waals surface area (Å²) >= 11 is 0. The molecule has 1 unspecified atom stereocenters. The molecule has 1 atom stereocenters. The number of benzene rings is 2. The topological polar surface area (TPSA) is 104 Å². The van der Waals surface area contributed by atoms with E-state index in [2.05, 4.69) is 20.6 Å². The summed E-state index contributed by atoms with van der Waals surface area (Å²) in [4.78, 5) is 47.5. The van der Waals surface area contributed by atoms with Gasteiger partial charge in [-0.1, -0.05) is 6.92 Å². The first kappa shape index (κ1) is 21.2. The van der Waals surface area contributed by atoms with Gasteiger partial charge in [-0.05, 0) is 62.7 Å². The van der Waals surface area contributed by atoms with Crippen LogP contribution in [0.1, 0.15) is 57.0 Å². The number of nitrogens with zero attached hydrogens (tertiary/aromatic N) is 3. The maximum atomic E-state index is 12.7. The Balaban J connectivity index is 1.47. The molecule has 32 heavy (non-hydrogen) atoms. The van der Waals surface area contributed by atoms with Crippen molar-refractivity contribution in [1.82, 2.24) is 14.9 Å². The van der Waals surface area contributed by atoms with E-state index in [1.807, 2.05) is 39.0 Å². The van der Waals surface area contributed by atoms with Crippen molar-refractivity contribution in [2.75, 3.05) is 10.6 Å². The number of hydrogen-bond acceptors (Lipinski definition) is 6. The first-order valence-electron chi connectivity index (χ1n) is 10.4. The number of amides is 3. The second-order valence-corrected chi connectivity index (χ2v) is 7.70. The lowest BCUT2D eigenvalue weighted by atomic mass is 10.1. The number of hydrogen-bond donors (Lipinski definition) is 2. The SMILES string of the molecule is CCC(C)N1C(=O)c2ccc(C(=O)Nc3ccc(Nc4cc(C)ncn4)cc3)cc2C1=O. The van der Waals surface area contributed by atoms with Crippen LogP contribution in [0.3, 0.4) is 0 Å². The highest BCUT2D eigenvalue weighted by atomic mass is 16.2. The molecule has 3 aromatic rings. The highest BCUT2D eigenvalue weighted by Crippen LogP contribution is 2.27. The van der Waals surface area contributed by atoms with Crippen LogP contribution in [-0.4, -0.2) is 38.6 Å². The van der Waals surface area contributed by atoms with Gasteiger partial charge in [0, 0.05) is 34.7 Å². The maximum Gasteiger partial charge on any atom is 0.261 e. The third-order valence-corrected chi connectivity index (χ3v) is 5.43. The summed E-state index contributed by atoms with van der Waals surface area (Å²) in [5.41, 5.74) is 3.18. The fraction of sp³-hybridized carbons (Fsp3) is 0.208. The third-order valence-electron chi connectivity index (χ3n) is 5.43. The van der Waals surface area contributed by atoms with Gasteiger partial charge >= 0.3 is 0 Å². The monoisotopic (exact) mass is 429 g/mol. The average molecular weight is 429 g/mol. The molecule has 1 aliphatic heterocycles. The second kappa shape index (κ2) is 8.58. The first-order chi connectivity index (χ1) is 15.4. The van der Waals surface area contributed by atoms with E-state index in [0.29, 0.717) is 29.1 Å². The molecule has 1 aromatic heterocycles. The van der Waals surface area contributed by atoms with Crippen molar-refractivity contribution in [2.45, 2.75) is 33.2 Å². The van der Waals surface area contributed by atoms with Crippen LogP contribution in [0.15, 0.2) is 54.9 Å². The molecule has 2 heterocycles. The van der Waals surface area contributed by atoms with E-state index >= 15 is 0 Å². The Morgan fingerprint density at radius 2 is 1.66 bits per heavy atom. The summed E-state index contributed by atoms with van der Waals surface area (Å²) < 4.78 is 0. The molecule has 0 saturated heterocycles. The smallest absolute Gasteiger partial charge is 0.261 e. The lowest BCUT2D eigenvalue weighted by Gasteiger charge is -2.20. The average Bonchev–Trinajstić information content (AvgIpc) is 3.04. The number of rotatable bonds is 6. The van der Waals surface area contributed by atoms with Crippen LogP contribution < -0.4 is 10.6 Å². The minimum atomic E-state index is -0.359. The summed E-state index contributed by atoms with van der Waals surface area (Å²) in [5, 5.41) is 5.99. The number of aryl methyl sites for hydroxylation is 1. The van der Waals surface area contributed by atoms with Gasteiger partial charge in [0.05, 0.1) is 11.1 Å². The number of nitrogens with one attached hydrogen (secondary N) is 2. The largest absolute Gasteiger partial charge is 0.340 e. The number of carbonyl (C=O) groups is 3. The van der Waals surface area contributed by atoms with Crippen LogP contribution in [0.4, 0.5) is 17.2 Å². The van der Waals surface area contributed by atoms with Gasteiger partial charge in [0.15, 0.2) is 0 Å². The Bertz CT molecular complexity index is 1210. The number of imide groups is 1. The van der Waals surface area contributed by atoms with E-state index in [9.17, 15) is 14.4 Å². The van der Waals surface area contributed by atoms with E-state index in [0.717, 1.165) is 11.4 Å². The molecule has 2 N–H and O–H groups in total. The van der Waals surface area contributed by atoms with Gasteiger partial charge in [-0.15, -0.1) is 0 Å². The van der Waals surface area contributed by atoms with Crippen LogP contribution in [-0.2, 0) is 0 Å². The van der Waals surface area contributed by atoms with E-state index < -0.39 is 0 Å². The number of carbonyl (C=O) groups excluding carboxylic acids is 3. The number of aromatic nitrogens is 2. The molecular formula is C24H23N5O3. The minimum absolute atomic E-state index is 0.196. The number of anilines is 3. The zero-order valence-corrected chi connectivity index (χ0v) is 18.0. The van der Waals surface area contributed by atoms with Crippen molar-refractivity contribution in [2.24, 2.45) is 0 Å². The molecule has 0 aliphatic carbocycles. The van der Waals surface area contributed by atoms with Crippen molar-refractivity contribution >= 4 is 34.9 Å². The highest BCUT2D eigenvalue weighted by Gasteiger charge is 2.38. The second-order valence-electron chi connectivity index (χ2n) is 7.70. The van der Waals surface area contributed by atoms with Gasteiger partial charge in [-0.3, -0.25) is 19.3 Å². The molecule has 8 heteroatoms. The Morgan fingerprint density at radius 1 is 0.969 bits per heavy atom. The quantitative estimate of drug-likeness (QED) is 0.570. The molecule has 1 aliphatic rings. The summed E-state index contributed by atoms with van der Waals surface area (Å²) in [6.45, 7) is 5.64. The van der Waals surface area contributed by atoms with Crippen molar-refractivity contribution in [1.29, 1.82) is 0 Å². The Morgan fingerprint density at radius 3 is 2.34 bits per heavy atom. The summed E-state index contributed by atoms with van der Waals surface area (Å²) in [6, 6.07) is 13.4. The highest BCUT2D eigenvalue weighted by molar-refractivity contribution is 6.22. The fourth-order valence-electron chi connectivity index (χ4n) is 3.49. The molecule has 0 spiro atoms. The van der Waals surface area contributed by atoms with Crippen molar-refractivity contribution in [3.63, 3.8) is 0 Å². The molecular weight excluding hydrogens is 406 g/mol. The van der Waals surface area contributed by atoms with Gasteiger partial charge in [0.25, 0.3) is 17.7 Å². The lowest BCUT2D eigenvalue weighted by molar-refractivity contribution is 0.0593. The van der Waals surface area contributed by atoms with Gasteiger partial charge in [0.2, 0.25) is 0 Å². The predicted octanol–water partition coefficient (Wildman–Crippen LogP) is 4.18. The normalized spacial score (nSPS) is 13.7. The van der Waals surface area contributed by atoms with Crippen molar-refractivity contribution < 1.29 is 14.4 Å². The Labute approximate surface area is 185 Å². The zero-order valence-electron chi connectivity index (χ0n) is 18.0. The van der Waals surface area contributed by atoms with Crippen LogP contribution in [0.25, 0.3) is 0 Å². The molecule has 3 amide bonds. The minimum Gasteiger partial charge on any atom is -0.340 e. The molecule has 4 rings (SSSR count). The lowest BCUT2D eigenvalue weighted by Crippen LogP contribution is -2.37. The summed E-state index contributed by atoms with van der Waals surface area (Å²) in [5.74, 6) is -0.349. The van der Waals surface area contributed by atoms with E-state index in [1.165, 1.54) is 17.3 Å². The molecule has 8 nitrogen and oxygen atoms in total. The fourth-order valence-corrected chi connectivity index (χ4v) is 3.49. The molecule has 2 aromatic carbocycles. The van der Waals surface area contributed by atoms with E-state index in [4.69, 9.17) is 0 Å². The Kier molecular flexibility index (Phi) is 5.68. The van der Waals surface area contributed by atoms with Crippen LogP contribution >= 0.6 is 0 Å². The molecule has 0 saturated carbocycles. The van der Waals surface area contributed by atoms with Gasteiger partial charge in [-0.2, -0.15) is 0 Å². The maximum absolute atomic E-state index is 12.7. The molecule has 162 valence electrons. The predicted molar refractivity (Wildman–Crippen MR) is 121 cm³/mol. The van der Waals surface area contributed by atoms with E-state index in [1.54, 1.807) is 24.3 Å². The number of fused-ring (bicyclic) bond motifs is 1. The van der Waals surface area contributed by atoms with E-state index in [-0.39, 0.29) is 29.3 Å². The molecule has 0 bridgehead atoms. The standard InChI is InChI=1S/C24H23N5O3/c1-4-15(3)29-23(31)19-10-5-16(12-20(19)24(29)32)22(30)28-18-8-6-17(7-9-18)27-21-11-14(2)25-13-26-21/h5-13,15H,4H2,1-3H3,(H,28,30)(H,25,26,27). The van der Waals surface area contributed by atoms with Crippen LogP contribution in [0.2, 0.25) is 0 Å². The van der Waals surface area contributed by atoms with Gasteiger partial charge < -0.3 is 10.6 Å². The van der Waals surface area contributed by atoms with Crippen LogP contribution in [0, 0.1) is 6.92 Å². The summed E-state index contributed by atoms with van der Waals surface area (Å²) in [6.07, 6.45) is 2.16. The van der Waals surface area contributed by atoms with Crippen molar-refractivity contribution in [3.05, 3.63) is 77.2 Å². The first-order valence-corrected chi connectivity index (χ1v) is 10.4. The third kappa shape index (κ3) is 4.07. The molecule has 0 radical (unpaired) electrons.